The molecule has 8 heteroatoms. The van der Waals surface area contributed by atoms with Gasteiger partial charge < -0.3 is 20.7 Å². The normalized spacial score (nSPS) is 23.9. The van der Waals surface area contributed by atoms with Crippen molar-refractivity contribution in [1.82, 2.24) is 20.6 Å². The SMILES string of the molecule is CC(=O)O.O=C1N[C@@H](CC2CCCCC2)C(=O)N[C@H]1Cc1cnc[nH]1. The van der Waals surface area contributed by atoms with Crippen LogP contribution in [0.3, 0.4) is 0 Å². The predicted octanol–water partition coefficient (Wildman–Crippen LogP) is 0.997. The lowest BCUT2D eigenvalue weighted by Crippen LogP contribution is -2.62. The second kappa shape index (κ2) is 9.19. The molecule has 0 spiro atoms. The summed E-state index contributed by atoms with van der Waals surface area (Å²) in [6.45, 7) is 1.08. The van der Waals surface area contributed by atoms with Crippen molar-refractivity contribution >= 4 is 17.8 Å². The van der Waals surface area contributed by atoms with Gasteiger partial charge in [-0.15, -0.1) is 0 Å². The minimum Gasteiger partial charge on any atom is -0.481 e. The summed E-state index contributed by atoms with van der Waals surface area (Å²) in [6, 6.07) is -0.862. The molecule has 0 aromatic carbocycles. The largest absolute Gasteiger partial charge is 0.481 e. The molecule has 2 amide bonds. The number of carboxylic acids is 1. The first-order chi connectivity index (χ1) is 12.0. The molecule has 1 aliphatic carbocycles. The van der Waals surface area contributed by atoms with Gasteiger partial charge in [0.15, 0.2) is 0 Å². The number of aromatic nitrogens is 2. The molecule has 1 saturated heterocycles. The molecular formula is C17H26N4O4. The van der Waals surface area contributed by atoms with Gasteiger partial charge >= 0.3 is 0 Å². The van der Waals surface area contributed by atoms with E-state index in [1.807, 2.05) is 0 Å². The summed E-state index contributed by atoms with van der Waals surface area (Å²) < 4.78 is 0. The molecule has 1 aliphatic heterocycles. The summed E-state index contributed by atoms with van der Waals surface area (Å²) in [5.74, 6) is -0.409. The Morgan fingerprint density at radius 2 is 1.76 bits per heavy atom. The van der Waals surface area contributed by atoms with Crippen LogP contribution in [0, 0.1) is 5.92 Å². The van der Waals surface area contributed by atoms with Crippen LogP contribution in [0.25, 0.3) is 0 Å². The van der Waals surface area contributed by atoms with Crippen LogP contribution >= 0.6 is 0 Å². The van der Waals surface area contributed by atoms with E-state index in [1.54, 1.807) is 12.5 Å². The lowest BCUT2D eigenvalue weighted by Gasteiger charge is -2.32. The third-order valence-corrected chi connectivity index (χ3v) is 4.54. The van der Waals surface area contributed by atoms with Crippen LogP contribution in [0.15, 0.2) is 12.5 Å². The molecule has 2 fully saturated rings. The standard InChI is InChI=1S/C15H22N4O2.C2H4O2/c20-14-12(6-10-4-2-1-3-5-10)18-15(21)13(19-14)7-11-8-16-9-17-11;1-2(3)4/h8-10,12-13H,1-7H2,(H,16,17)(H,18,21)(H,19,20);1H3,(H,3,4)/t12-,13-;/m0./s1. The zero-order valence-corrected chi connectivity index (χ0v) is 14.5. The highest BCUT2D eigenvalue weighted by Gasteiger charge is 2.35. The fourth-order valence-electron chi connectivity index (χ4n) is 3.36. The third kappa shape index (κ3) is 6.21. The Kier molecular flexibility index (Phi) is 6.97. The second-order valence-corrected chi connectivity index (χ2v) is 6.66. The molecule has 25 heavy (non-hydrogen) atoms. The van der Waals surface area contributed by atoms with Crippen molar-refractivity contribution in [3.05, 3.63) is 18.2 Å². The number of carbonyl (C=O) groups excluding carboxylic acids is 2. The van der Waals surface area contributed by atoms with Crippen LogP contribution < -0.4 is 10.6 Å². The topological polar surface area (TPSA) is 124 Å². The van der Waals surface area contributed by atoms with Gasteiger partial charge in [0, 0.05) is 25.2 Å². The van der Waals surface area contributed by atoms with Crippen LogP contribution in [0.1, 0.15) is 51.1 Å². The molecule has 2 heterocycles. The van der Waals surface area contributed by atoms with E-state index in [0.29, 0.717) is 12.3 Å². The van der Waals surface area contributed by atoms with Gasteiger partial charge in [0.25, 0.3) is 5.97 Å². The molecule has 138 valence electrons. The maximum absolute atomic E-state index is 12.2. The van der Waals surface area contributed by atoms with Gasteiger partial charge in [-0.1, -0.05) is 32.1 Å². The highest BCUT2D eigenvalue weighted by Crippen LogP contribution is 2.27. The van der Waals surface area contributed by atoms with Gasteiger partial charge in [0.05, 0.1) is 6.33 Å². The number of carbonyl (C=O) groups is 3. The van der Waals surface area contributed by atoms with E-state index in [2.05, 4.69) is 20.6 Å². The lowest BCUT2D eigenvalue weighted by molar-refractivity contribution is -0.137. The van der Waals surface area contributed by atoms with Gasteiger partial charge in [0.2, 0.25) is 11.8 Å². The Bertz CT molecular complexity index is 577. The molecule has 2 atom stereocenters. The van der Waals surface area contributed by atoms with Crippen molar-refractivity contribution in [3.63, 3.8) is 0 Å². The Morgan fingerprint density at radius 3 is 2.36 bits per heavy atom. The van der Waals surface area contributed by atoms with Crippen LogP contribution in [-0.4, -0.2) is 44.9 Å². The van der Waals surface area contributed by atoms with E-state index >= 15 is 0 Å². The van der Waals surface area contributed by atoms with E-state index in [0.717, 1.165) is 19.0 Å². The minimum absolute atomic E-state index is 0.0512. The molecule has 8 nitrogen and oxygen atoms in total. The summed E-state index contributed by atoms with van der Waals surface area (Å²) in [5.41, 5.74) is 0.848. The number of amides is 2. The number of imidazole rings is 1. The number of hydrogen-bond donors (Lipinski definition) is 4. The third-order valence-electron chi connectivity index (χ3n) is 4.54. The number of carboxylic acid groups (broad SMARTS) is 1. The number of nitrogens with zero attached hydrogens (tertiary/aromatic N) is 1. The maximum atomic E-state index is 12.2. The smallest absolute Gasteiger partial charge is 0.300 e. The molecule has 1 saturated carbocycles. The van der Waals surface area contributed by atoms with E-state index in [9.17, 15) is 9.59 Å². The van der Waals surface area contributed by atoms with Crippen LogP contribution in [-0.2, 0) is 20.8 Å². The average Bonchev–Trinajstić information content (AvgIpc) is 3.06. The molecule has 4 N–H and O–H groups in total. The highest BCUT2D eigenvalue weighted by atomic mass is 16.4. The van der Waals surface area contributed by atoms with E-state index < -0.39 is 12.0 Å². The predicted molar refractivity (Wildman–Crippen MR) is 90.7 cm³/mol. The van der Waals surface area contributed by atoms with E-state index in [1.165, 1.54) is 32.1 Å². The molecule has 0 bridgehead atoms. The Labute approximate surface area is 146 Å². The summed E-state index contributed by atoms with van der Waals surface area (Å²) >= 11 is 0. The summed E-state index contributed by atoms with van der Waals surface area (Å²) in [7, 11) is 0. The fourth-order valence-corrected chi connectivity index (χ4v) is 3.36. The molecule has 1 aromatic rings. The van der Waals surface area contributed by atoms with Crippen molar-refractivity contribution < 1.29 is 19.5 Å². The van der Waals surface area contributed by atoms with Gasteiger partial charge in [0.1, 0.15) is 12.1 Å². The first-order valence-corrected chi connectivity index (χ1v) is 8.73. The molecule has 0 radical (unpaired) electrons. The molecule has 2 aliphatic rings. The summed E-state index contributed by atoms with van der Waals surface area (Å²) in [4.78, 5) is 40.2. The van der Waals surface area contributed by atoms with Crippen LogP contribution in [0.2, 0.25) is 0 Å². The number of piperazine rings is 1. The van der Waals surface area contributed by atoms with Gasteiger partial charge in [-0.05, 0) is 12.3 Å². The molecule has 0 unspecified atom stereocenters. The number of H-pyrrole nitrogens is 1. The van der Waals surface area contributed by atoms with Crippen LogP contribution in [0.4, 0.5) is 0 Å². The second-order valence-electron chi connectivity index (χ2n) is 6.66. The maximum Gasteiger partial charge on any atom is 0.300 e. The van der Waals surface area contributed by atoms with E-state index in [4.69, 9.17) is 9.90 Å². The molecular weight excluding hydrogens is 324 g/mol. The van der Waals surface area contributed by atoms with Crippen molar-refractivity contribution in [3.8, 4) is 0 Å². The van der Waals surface area contributed by atoms with Crippen molar-refractivity contribution in [2.45, 2.75) is 64.0 Å². The minimum atomic E-state index is -0.833. The van der Waals surface area contributed by atoms with Crippen molar-refractivity contribution in [1.29, 1.82) is 0 Å². The highest BCUT2D eigenvalue weighted by molar-refractivity contribution is 5.97. The molecule has 3 rings (SSSR count). The zero-order chi connectivity index (χ0) is 18.2. The number of hydrogen-bond acceptors (Lipinski definition) is 4. The summed E-state index contributed by atoms with van der Waals surface area (Å²) in [6.07, 6.45) is 10.6. The van der Waals surface area contributed by atoms with E-state index in [-0.39, 0.29) is 17.9 Å². The zero-order valence-electron chi connectivity index (χ0n) is 14.5. The molecule has 1 aromatic heterocycles. The van der Waals surface area contributed by atoms with Gasteiger partial charge in [-0.25, -0.2) is 4.98 Å². The fraction of sp³-hybridized carbons (Fsp3) is 0.647. The van der Waals surface area contributed by atoms with Gasteiger partial charge in [-0.2, -0.15) is 0 Å². The lowest BCUT2D eigenvalue weighted by atomic mass is 9.84. The first kappa shape index (κ1) is 19.0. The number of nitrogens with one attached hydrogen (secondary N) is 3. The monoisotopic (exact) mass is 350 g/mol. The van der Waals surface area contributed by atoms with Crippen molar-refractivity contribution in [2.24, 2.45) is 5.92 Å². The Balaban J connectivity index is 0.000000511. The Hall–Kier alpha value is -2.38. The quantitative estimate of drug-likeness (QED) is 0.645. The van der Waals surface area contributed by atoms with Gasteiger partial charge in [-0.3, -0.25) is 14.4 Å². The number of aromatic amines is 1. The summed E-state index contributed by atoms with van der Waals surface area (Å²) in [5, 5.41) is 13.2. The number of rotatable bonds is 4. The van der Waals surface area contributed by atoms with Crippen LogP contribution in [0.5, 0.6) is 0 Å². The first-order valence-electron chi connectivity index (χ1n) is 8.73. The number of aliphatic carboxylic acids is 1. The van der Waals surface area contributed by atoms with Crippen molar-refractivity contribution in [2.75, 3.05) is 0 Å². The average molecular weight is 350 g/mol. The Morgan fingerprint density at radius 1 is 1.16 bits per heavy atom.